The first-order valence-corrected chi connectivity index (χ1v) is 10.1. The number of hydrogen-bond acceptors (Lipinski definition) is 4. The molecule has 0 radical (unpaired) electrons. The van der Waals surface area contributed by atoms with E-state index in [1.165, 1.54) is 7.11 Å². The Bertz CT molecular complexity index is 696. The highest BCUT2D eigenvalue weighted by atomic mass is 19.3. The van der Waals surface area contributed by atoms with Crippen LogP contribution >= 0.6 is 0 Å². The molecular weight excluding hydrogens is 364 g/mol. The van der Waals surface area contributed by atoms with Crippen LogP contribution in [0.5, 0.6) is 11.5 Å². The number of halogens is 2. The molecule has 0 saturated carbocycles. The zero-order valence-electron chi connectivity index (χ0n) is 17.6. The summed E-state index contributed by atoms with van der Waals surface area (Å²) in [6.07, 6.45) is 2.18. The fourth-order valence-electron chi connectivity index (χ4n) is 4.56. The summed E-state index contributed by atoms with van der Waals surface area (Å²) in [6.45, 7) is 8.58. The first kappa shape index (κ1) is 21.3. The van der Waals surface area contributed by atoms with Crippen molar-refractivity contribution in [2.75, 3.05) is 26.8 Å². The van der Waals surface area contributed by atoms with Gasteiger partial charge in [-0.05, 0) is 53.9 Å². The summed E-state index contributed by atoms with van der Waals surface area (Å²) in [4.78, 5) is 2.45. The summed E-state index contributed by atoms with van der Waals surface area (Å²) < 4.78 is 37.2. The van der Waals surface area contributed by atoms with Gasteiger partial charge in [-0.15, -0.1) is 0 Å². The second-order valence-corrected chi connectivity index (χ2v) is 9.65. The van der Waals surface area contributed by atoms with Crippen LogP contribution in [0.1, 0.15) is 57.7 Å². The van der Waals surface area contributed by atoms with Gasteiger partial charge in [-0.3, -0.25) is 4.90 Å². The molecule has 0 bridgehead atoms. The number of alkyl halides is 2. The molecule has 2 aliphatic rings. The molecule has 0 spiro atoms. The highest BCUT2D eigenvalue weighted by Crippen LogP contribution is 2.44. The van der Waals surface area contributed by atoms with Gasteiger partial charge in [0, 0.05) is 26.1 Å². The first-order chi connectivity index (χ1) is 13.0. The van der Waals surface area contributed by atoms with Gasteiger partial charge in [-0.2, -0.15) is 0 Å². The minimum absolute atomic E-state index is 0.130. The number of aliphatic hydroxyl groups is 1. The van der Waals surface area contributed by atoms with Crippen molar-refractivity contribution in [3.8, 4) is 11.5 Å². The quantitative estimate of drug-likeness (QED) is 0.797. The number of fused-ring (bicyclic) bond motifs is 3. The van der Waals surface area contributed by atoms with E-state index in [9.17, 15) is 13.9 Å². The summed E-state index contributed by atoms with van der Waals surface area (Å²) in [5.74, 6) is -1.80. The molecule has 0 aromatic heterocycles. The van der Waals surface area contributed by atoms with Crippen molar-refractivity contribution < 1.29 is 23.4 Å². The van der Waals surface area contributed by atoms with E-state index >= 15 is 0 Å². The monoisotopic (exact) mass is 397 g/mol. The van der Waals surface area contributed by atoms with Crippen LogP contribution in [0.2, 0.25) is 0 Å². The summed E-state index contributed by atoms with van der Waals surface area (Å²) >= 11 is 0. The van der Waals surface area contributed by atoms with Gasteiger partial charge in [0.1, 0.15) is 0 Å². The Balaban J connectivity index is 1.82. The van der Waals surface area contributed by atoms with Gasteiger partial charge < -0.3 is 14.6 Å². The summed E-state index contributed by atoms with van der Waals surface area (Å²) in [7, 11) is 1.52. The van der Waals surface area contributed by atoms with Crippen molar-refractivity contribution >= 4 is 0 Å². The van der Waals surface area contributed by atoms with E-state index < -0.39 is 12.5 Å². The van der Waals surface area contributed by atoms with Crippen molar-refractivity contribution in [2.24, 2.45) is 11.3 Å². The average molecular weight is 398 g/mol. The zero-order valence-corrected chi connectivity index (χ0v) is 17.6. The van der Waals surface area contributed by atoms with E-state index in [0.29, 0.717) is 17.9 Å². The van der Waals surface area contributed by atoms with Crippen molar-refractivity contribution in [1.29, 1.82) is 0 Å². The number of rotatable bonds is 5. The van der Waals surface area contributed by atoms with Crippen LogP contribution in [0.3, 0.4) is 0 Å². The highest BCUT2D eigenvalue weighted by Gasteiger charge is 2.40. The van der Waals surface area contributed by atoms with Gasteiger partial charge in [-0.25, -0.2) is 8.78 Å². The Labute approximate surface area is 166 Å². The number of methoxy groups -OCH3 is 1. The fraction of sp³-hybridized carbons (Fsp3) is 0.727. The van der Waals surface area contributed by atoms with Gasteiger partial charge >= 0.3 is 0 Å². The first-order valence-electron chi connectivity index (χ1n) is 10.1. The molecule has 0 aliphatic carbocycles. The highest BCUT2D eigenvalue weighted by molar-refractivity contribution is 5.49. The Morgan fingerprint density at radius 3 is 2.50 bits per heavy atom. The van der Waals surface area contributed by atoms with Crippen LogP contribution in [0, 0.1) is 11.3 Å². The number of aliphatic hydroxyl groups excluding tert-OH is 1. The lowest BCUT2D eigenvalue weighted by molar-refractivity contribution is -0.0269. The molecule has 0 amide bonds. The van der Waals surface area contributed by atoms with Crippen LogP contribution in [-0.4, -0.2) is 48.8 Å². The molecular formula is C22H33F2NO3. The van der Waals surface area contributed by atoms with Crippen molar-refractivity contribution in [1.82, 2.24) is 4.90 Å². The van der Waals surface area contributed by atoms with Gasteiger partial charge in [-0.1, -0.05) is 20.8 Å². The van der Waals surface area contributed by atoms with E-state index in [4.69, 9.17) is 9.47 Å². The van der Waals surface area contributed by atoms with Crippen molar-refractivity contribution in [3.05, 3.63) is 23.3 Å². The maximum absolute atomic E-state index is 13.2. The van der Waals surface area contributed by atoms with Crippen LogP contribution in [0.15, 0.2) is 12.1 Å². The Morgan fingerprint density at radius 1 is 1.18 bits per heavy atom. The SMILES string of the molecule is COc1cc2c(cc1OCC(C)(F)F)CCN1C[C@@H](CC(C)(C)C)[C@@H](O)C[C@H]21. The lowest BCUT2D eigenvalue weighted by atomic mass is 9.75. The average Bonchev–Trinajstić information content (AvgIpc) is 2.58. The second kappa shape index (κ2) is 7.79. The molecule has 1 aromatic carbocycles. The lowest BCUT2D eigenvalue weighted by Crippen LogP contribution is -2.48. The van der Waals surface area contributed by atoms with Crippen LogP contribution < -0.4 is 9.47 Å². The van der Waals surface area contributed by atoms with Gasteiger partial charge in [0.25, 0.3) is 5.92 Å². The van der Waals surface area contributed by atoms with E-state index in [1.54, 1.807) is 0 Å². The number of benzene rings is 1. The fourth-order valence-corrected chi connectivity index (χ4v) is 4.56. The standard InChI is InChI=1S/C22H33F2NO3/c1-21(2,3)11-15-12-25-7-6-14-8-20(28-13-22(4,23)24)19(27-5)9-16(14)17(25)10-18(15)26/h8-9,15,17-18,26H,6-7,10-13H2,1-5H3/t15-,17-,18+/m1/s1. The minimum Gasteiger partial charge on any atom is -0.493 e. The zero-order chi connectivity index (χ0) is 20.7. The van der Waals surface area contributed by atoms with E-state index in [-0.39, 0.29) is 23.5 Å². The number of nitrogens with zero attached hydrogens (tertiary/aromatic N) is 1. The molecule has 3 atom stereocenters. The number of ether oxygens (including phenoxy) is 2. The molecule has 2 heterocycles. The van der Waals surface area contributed by atoms with Crippen molar-refractivity contribution in [3.63, 3.8) is 0 Å². The second-order valence-electron chi connectivity index (χ2n) is 9.65. The Morgan fingerprint density at radius 2 is 1.89 bits per heavy atom. The van der Waals surface area contributed by atoms with Gasteiger partial charge in [0.2, 0.25) is 0 Å². The van der Waals surface area contributed by atoms with Gasteiger partial charge in [0.15, 0.2) is 18.1 Å². The molecule has 1 N–H and O–H groups in total. The summed E-state index contributed by atoms with van der Waals surface area (Å²) in [5.41, 5.74) is 2.40. The Kier molecular flexibility index (Phi) is 5.93. The predicted octanol–water partition coefficient (Wildman–Crippen LogP) is 4.45. The normalized spacial score (nSPS) is 25.8. The number of hydrogen-bond donors (Lipinski definition) is 1. The summed E-state index contributed by atoms with van der Waals surface area (Å²) in [6, 6.07) is 3.88. The smallest absolute Gasteiger partial charge is 0.278 e. The molecule has 0 unspecified atom stereocenters. The molecule has 6 heteroatoms. The summed E-state index contributed by atoms with van der Waals surface area (Å²) in [5, 5.41) is 10.8. The largest absolute Gasteiger partial charge is 0.493 e. The van der Waals surface area contributed by atoms with Crippen LogP contribution in [0.4, 0.5) is 8.78 Å². The van der Waals surface area contributed by atoms with E-state index in [1.807, 2.05) is 12.1 Å². The molecule has 2 aliphatic heterocycles. The van der Waals surface area contributed by atoms with E-state index in [2.05, 4.69) is 25.7 Å². The molecule has 4 nitrogen and oxygen atoms in total. The maximum Gasteiger partial charge on any atom is 0.278 e. The predicted molar refractivity (Wildman–Crippen MR) is 105 cm³/mol. The molecule has 28 heavy (non-hydrogen) atoms. The minimum atomic E-state index is -2.90. The van der Waals surface area contributed by atoms with Crippen LogP contribution in [0.25, 0.3) is 0 Å². The third-order valence-electron chi connectivity index (χ3n) is 5.73. The Hall–Kier alpha value is -1.40. The third-order valence-corrected chi connectivity index (χ3v) is 5.73. The topological polar surface area (TPSA) is 41.9 Å². The molecule has 3 rings (SSSR count). The van der Waals surface area contributed by atoms with Crippen molar-refractivity contribution in [2.45, 2.75) is 65.0 Å². The molecule has 1 saturated heterocycles. The number of piperidine rings is 1. The van der Waals surface area contributed by atoms with Gasteiger partial charge in [0.05, 0.1) is 13.2 Å². The maximum atomic E-state index is 13.2. The molecule has 1 fully saturated rings. The lowest BCUT2D eigenvalue weighted by Gasteiger charge is -2.47. The third kappa shape index (κ3) is 4.95. The van der Waals surface area contributed by atoms with Crippen LogP contribution in [-0.2, 0) is 6.42 Å². The van der Waals surface area contributed by atoms with E-state index in [0.717, 1.165) is 44.0 Å². The molecule has 158 valence electrons. The molecule has 1 aromatic rings.